The van der Waals surface area contributed by atoms with Gasteiger partial charge >= 0.3 is 0 Å². The first kappa shape index (κ1) is 10.4. The number of benzene rings is 1. The molecule has 2 nitrogen and oxygen atoms in total. The van der Waals surface area contributed by atoms with Crippen molar-refractivity contribution in [1.29, 1.82) is 0 Å². The number of aryl methyl sites for hydroxylation is 1. The second-order valence-electron chi connectivity index (χ2n) is 3.85. The quantitative estimate of drug-likeness (QED) is 0.663. The molecule has 1 aliphatic rings. The fourth-order valence-corrected chi connectivity index (χ4v) is 1.74. The van der Waals surface area contributed by atoms with Crippen LogP contribution >= 0.6 is 22.6 Å². The van der Waals surface area contributed by atoms with E-state index < -0.39 is 6.23 Å². The zero-order valence-electron chi connectivity index (χ0n) is 8.13. The van der Waals surface area contributed by atoms with Crippen LogP contribution in [0, 0.1) is 10.5 Å². The summed E-state index contributed by atoms with van der Waals surface area (Å²) in [5.41, 5.74) is 2.19. The summed E-state index contributed by atoms with van der Waals surface area (Å²) >= 11 is 2.30. The van der Waals surface area contributed by atoms with Crippen LogP contribution in [0.3, 0.4) is 0 Å². The lowest BCUT2D eigenvalue weighted by Gasteiger charge is -2.13. The Kier molecular flexibility index (Phi) is 3.09. The second-order valence-corrected chi connectivity index (χ2v) is 5.01. The van der Waals surface area contributed by atoms with Gasteiger partial charge in [0, 0.05) is 9.61 Å². The van der Waals surface area contributed by atoms with E-state index in [9.17, 15) is 5.11 Å². The number of nitrogens with one attached hydrogen (secondary N) is 1. The van der Waals surface area contributed by atoms with Gasteiger partial charge in [-0.3, -0.25) is 5.32 Å². The summed E-state index contributed by atoms with van der Waals surface area (Å²) in [7, 11) is 0. The molecule has 0 radical (unpaired) electrons. The van der Waals surface area contributed by atoms with Crippen molar-refractivity contribution in [2.45, 2.75) is 32.0 Å². The van der Waals surface area contributed by atoms with Gasteiger partial charge in [0.2, 0.25) is 0 Å². The predicted octanol–water partition coefficient (Wildman–Crippen LogP) is 2.34. The van der Waals surface area contributed by atoms with Gasteiger partial charge < -0.3 is 5.11 Å². The van der Waals surface area contributed by atoms with Crippen molar-refractivity contribution in [2.75, 3.05) is 0 Å². The molecule has 1 aromatic rings. The molecule has 0 saturated heterocycles. The van der Waals surface area contributed by atoms with Crippen LogP contribution in [-0.4, -0.2) is 11.1 Å². The Labute approximate surface area is 97.9 Å². The summed E-state index contributed by atoms with van der Waals surface area (Å²) in [6, 6.07) is 6.60. The summed E-state index contributed by atoms with van der Waals surface area (Å²) in [6.07, 6.45) is 1.89. The predicted molar refractivity (Wildman–Crippen MR) is 65.0 cm³/mol. The lowest BCUT2D eigenvalue weighted by molar-refractivity contribution is 0.137. The lowest BCUT2D eigenvalue weighted by Crippen LogP contribution is -2.22. The minimum Gasteiger partial charge on any atom is -0.374 e. The Bertz CT molecular complexity index is 336. The monoisotopic (exact) mass is 303 g/mol. The molecule has 76 valence electrons. The van der Waals surface area contributed by atoms with Crippen LogP contribution in [0.4, 0.5) is 0 Å². The summed E-state index contributed by atoms with van der Waals surface area (Å²) in [6.45, 7) is 2.06. The van der Waals surface area contributed by atoms with Crippen molar-refractivity contribution in [3.8, 4) is 0 Å². The average Bonchev–Trinajstić information content (AvgIpc) is 2.93. The zero-order valence-corrected chi connectivity index (χ0v) is 10.3. The number of hydrogen-bond acceptors (Lipinski definition) is 2. The zero-order chi connectivity index (χ0) is 10.1. The standard InChI is InChI=1S/C11H14INO/c1-7-6-8(2-5-10(7)12)11(14)13-9-3-4-9/h2,5-6,9,11,13-14H,3-4H2,1H3. The van der Waals surface area contributed by atoms with E-state index >= 15 is 0 Å². The molecule has 2 N–H and O–H groups in total. The minimum absolute atomic E-state index is 0.502. The van der Waals surface area contributed by atoms with E-state index in [0.717, 1.165) is 5.56 Å². The molecule has 14 heavy (non-hydrogen) atoms. The molecule has 1 atom stereocenters. The molecule has 1 saturated carbocycles. The van der Waals surface area contributed by atoms with Gasteiger partial charge in [-0.25, -0.2) is 0 Å². The Morgan fingerprint density at radius 2 is 2.21 bits per heavy atom. The smallest absolute Gasteiger partial charge is 0.131 e. The van der Waals surface area contributed by atoms with Crippen molar-refractivity contribution < 1.29 is 5.11 Å². The van der Waals surface area contributed by atoms with Crippen molar-refractivity contribution in [3.05, 3.63) is 32.9 Å². The highest BCUT2D eigenvalue weighted by Gasteiger charge is 2.24. The SMILES string of the molecule is Cc1cc(C(O)NC2CC2)ccc1I. The Morgan fingerprint density at radius 1 is 1.50 bits per heavy atom. The van der Waals surface area contributed by atoms with E-state index in [0.29, 0.717) is 6.04 Å². The number of hydrogen-bond donors (Lipinski definition) is 2. The maximum absolute atomic E-state index is 9.83. The molecule has 1 fully saturated rings. The number of rotatable bonds is 3. The van der Waals surface area contributed by atoms with E-state index in [4.69, 9.17) is 0 Å². The van der Waals surface area contributed by atoms with Gasteiger partial charge in [-0.1, -0.05) is 12.1 Å². The summed E-state index contributed by atoms with van der Waals surface area (Å²) in [4.78, 5) is 0. The molecule has 0 bridgehead atoms. The van der Waals surface area contributed by atoms with Crippen molar-refractivity contribution in [2.24, 2.45) is 0 Å². The van der Waals surface area contributed by atoms with Crippen LogP contribution in [0.2, 0.25) is 0 Å². The summed E-state index contributed by atoms with van der Waals surface area (Å²) in [5, 5.41) is 13.0. The van der Waals surface area contributed by atoms with E-state index in [1.165, 1.54) is 22.0 Å². The molecular weight excluding hydrogens is 289 g/mol. The number of aliphatic hydroxyl groups excluding tert-OH is 1. The minimum atomic E-state index is -0.502. The highest BCUT2D eigenvalue weighted by molar-refractivity contribution is 14.1. The van der Waals surface area contributed by atoms with E-state index in [1.807, 2.05) is 18.2 Å². The van der Waals surface area contributed by atoms with Gasteiger partial charge in [0.25, 0.3) is 0 Å². The van der Waals surface area contributed by atoms with Crippen LogP contribution in [-0.2, 0) is 0 Å². The molecule has 0 spiro atoms. The van der Waals surface area contributed by atoms with Gasteiger partial charge in [-0.15, -0.1) is 0 Å². The van der Waals surface area contributed by atoms with E-state index in [1.54, 1.807) is 0 Å². The highest BCUT2D eigenvalue weighted by Crippen LogP contribution is 2.24. The molecule has 1 aliphatic carbocycles. The molecule has 0 heterocycles. The molecule has 1 unspecified atom stereocenters. The third-order valence-corrected chi connectivity index (χ3v) is 3.68. The molecule has 0 amide bonds. The van der Waals surface area contributed by atoms with Gasteiger partial charge in [0.15, 0.2) is 0 Å². The maximum atomic E-state index is 9.83. The largest absolute Gasteiger partial charge is 0.374 e. The van der Waals surface area contributed by atoms with Crippen molar-refractivity contribution in [1.82, 2.24) is 5.32 Å². The molecule has 3 heteroatoms. The van der Waals surface area contributed by atoms with Gasteiger partial charge in [0.05, 0.1) is 0 Å². The third-order valence-electron chi connectivity index (χ3n) is 2.47. The number of halogens is 1. The van der Waals surface area contributed by atoms with Crippen molar-refractivity contribution in [3.63, 3.8) is 0 Å². The van der Waals surface area contributed by atoms with Gasteiger partial charge in [0.1, 0.15) is 6.23 Å². The lowest BCUT2D eigenvalue weighted by atomic mass is 10.1. The maximum Gasteiger partial charge on any atom is 0.131 e. The third kappa shape index (κ3) is 2.46. The molecule has 0 aromatic heterocycles. The Hall–Kier alpha value is -0.130. The van der Waals surface area contributed by atoms with Crippen LogP contribution in [0.5, 0.6) is 0 Å². The number of aliphatic hydroxyl groups is 1. The van der Waals surface area contributed by atoms with Crippen LogP contribution in [0.15, 0.2) is 18.2 Å². The molecule has 1 aromatic carbocycles. The van der Waals surface area contributed by atoms with E-state index in [2.05, 4.69) is 34.8 Å². The normalized spacial score (nSPS) is 18.2. The average molecular weight is 303 g/mol. The van der Waals surface area contributed by atoms with Crippen LogP contribution in [0.1, 0.15) is 30.2 Å². The van der Waals surface area contributed by atoms with Crippen LogP contribution in [0.25, 0.3) is 0 Å². The first-order valence-corrected chi connectivity index (χ1v) is 5.95. The van der Waals surface area contributed by atoms with Crippen molar-refractivity contribution >= 4 is 22.6 Å². The fraction of sp³-hybridized carbons (Fsp3) is 0.455. The molecular formula is C11H14INO. The van der Waals surface area contributed by atoms with E-state index in [-0.39, 0.29) is 0 Å². The summed E-state index contributed by atoms with van der Waals surface area (Å²) < 4.78 is 1.24. The molecule has 2 rings (SSSR count). The Balaban J connectivity index is 2.10. The highest BCUT2D eigenvalue weighted by atomic mass is 127. The first-order chi connectivity index (χ1) is 6.66. The fourth-order valence-electron chi connectivity index (χ4n) is 1.41. The van der Waals surface area contributed by atoms with Crippen LogP contribution < -0.4 is 5.32 Å². The Morgan fingerprint density at radius 3 is 2.79 bits per heavy atom. The molecule has 0 aliphatic heterocycles. The van der Waals surface area contributed by atoms with Gasteiger partial charge in [-0.05, 0) is 59.5 Å². The summed E-state index contributed by atoms with van der Waals surface area (Å²) in [5.74, 6) is 0. The first-order valence-electron chi connectivity index (χ1n) is 4.87. The second kappa shape index (κ2) is 4.16. The van der Waals surface area contributed by atoms with Gasteiger partial charge in [-0.2, -0.15) is 0 Å². The topological polar surface area (TPSA) is 32.3 Å².